The second-order valence-corrected chi connectivity index (χ2v) is 5.49. The lowest BCUT2D eigenvalue weighted by Gasteiger charge is -2.14. The summed E-state index contributed by atoms with van der Waals surface area (Å²) in [6.45, 7) is 0.580. The minimum Gasteiger partial charge on any atom is -0.493 e. The zero-order valence-corrected chi connectivity index (χ0v) is 14.8. The summed E-state index contributed by atoms with van der Waals surface area (Å²) in [5.41, 5.74) is 5.44. The van der Waals surface area contributed by atoms with Crippen LogP contribution >= 0.6 is 11.6 Å². The smallest absolute Gasteiger partial charge is 0.259 e. The van der Waals surface area contributed by atoms with E-state index in [2.05, 4.69) is 0 Å². The number of rotatable bonds is 8. The number of benzene rings is 2. The number of carbonyl (C=O) groups excluding carboxylic acids is 1. The first-order valence-electron chi connectivity index (χ1n) is 7.65. The first kappa shape index (κ1) is 19.2. The Hall–Kier alpha value is -3.17. The molecule has 0 saturated heterocycles. The van der Waals surface area contributed by atoms with E-state index >= 15 is 0 Å². The van der Waals surface area contributed by atoms with Crippen LogP contribution in [0.3, 0.4) is 0 Å². The molecule has 0 radical (unpaired) electrons. The maximum absolute atomic E-state index is 11.2. The van der Waals surface area contributed by atoms with Crippen LogP contribution in [0.25, 0.3) is 6.08 Å². The summed E-state index contributed by atoms with van der Waals surface area (Å²) in [5, 5.41) is 9.20. The maximum atomic E-state index is 11.2. The molecule has 0 fully saturated rings. The van der Waals surface area contributed by atoms with Gasteiger partial charge in [0.25, 0.3) is 5.91 Å². The Morgan fingerprint density at radius 1 is 1.23 bits per heavy atom. The summed E-state index contributed by atoms with van der Waals surface area (Å²) >= 11 is 6.24. The van der Waals surface area contributed by atoms with Gasteiger partial charge in [0.2, 0.25) is 0 Å². The molecular formula is C19H17ClN2O4. The lowest BCUT2D eigenvalue weighted by molar-refractivity contribution is -0.114. The molecule has 26 heavy (non-hydrogen) atoms. The van der Waals surface area contributed by atoms with Gasteiger partial charge in [-0.25, -0.2) is 0 Å². The van der Waals surface area contributed by atoms with Crippen molar-refractivity contribution in [1.82, 2.24) is 0 Å². The highest BCUT2D eigenvalue weighted by atomic mass is 35.5. The molecule has 0 atom stereocenters. The number of primary amides is 1. The topological polar surface area (TPSA) is 94.6 Å². The average Bonchev–Trinajstić information content (AvgIpc) is 2.64. The Morgan fingerprint density at radius 2 is 1.92 bits per heavy atom. The van der Waals surface area contributed by atoms with Crippen molar-refractivity contribution in [2.45, 2.75) is 0 Å². The molecule has 0 aromatic heterocycles. The molecule has 134 valence electrons. The molecule has 0 bridgehead atoms. The van der Waals surface area contributed by atoms with E-state index in [4.69, 9.17) is 36.8 Å². The van der Waals surface area contributed by atoms with Crippen LogP contribution in [0.5, 0.6) is 17.2 Å². The summed E-state index contributed by atoms with van der Waals surface area (Å²) in [4.78, 5) is 11.2. The van der Waals surface area contributed by atoms with E-state index in [1.165, 1.54) is 13.2 Å². The normalized spacial score (nSPS) is 10.7. The third kappa shape index (κ3) is 5.16. The molecule has 6 nitrogen and oxygen atoms in total. The zero-order chi connectivity index (χ0) is 18.9. The second kappa shape index (κ2) is 9.35. The van der Waals surface area contributed by atoms with Gasteiger partial charge in [-0.15, -0.1) is 0 Å². The van der Waals surface area contributed by atoms with Gasteiger partial charge in [0.05, 0.1) is 12.1 Å². The minimum absolute atomic E-state index is 0.187. The van der Waals surface area contributed by atoms with Gasteiger partial charge in [0.15, 0.2) is 11.5 Å². The van der Waals surface area contributed by atoms with Crippen molar-refractivity contribution >= 4 is 23.6 Å². The van der Waals surface area contributed by atoms with E-state index < -0.39 is 5.91 Å². The van der Waals surface area contributed by atoms with Gasteiger partial charge in [-0.05, 0) is 35.9 Å². The Balaban J connectivity index is 2.09. The van der Waals surface area contributed by atoms with Crippen LogP contribution in [0.2, 0.25) is 5.02 Å². The van der Waals surface area contributed by atoms with E-state index in [-0.39, 0.29) is 17.2 Å². The third-order valence-electron chi connectivity index (χ3n) is 3.29. The van der Waals surface area contributed by atoms with E-state index in [1.807, 2.05) is 30.3 Å². The van der Waals surface area contributed by atoms with E-state index in [1.54, 1.807) is 18.2 Å². The number of amides is 1. The summed E-state index contributed by atoms with van der Waals surface area (Å²) in [6.07, 6.45) is 1.33. The number of hydrogen-bond acceptors (Lipinski definition) is 5. The maximum Gasteiger partial charge on any atom is 0.259 e. The van der Waals surface area contributed by atoms with Crippen LogP contribution in [-0.2, 0) is 4.79 Å². The van der Waals surface area contributed by atoms with Crippen LogP contribution < -0.4 is 19.9 Å². The van der Waals surface area contributed by atoms with Gasteiger partial charge in [-0.3, -0.25) is 4.79 Å². The highest BCUT2D eigenvalue weighted by molar-refractivity contribution is 6.32. The van der Waals surface area contributed by atoms with Gasteiger partial charge in [-0.1, -0.05) is 29.8 Å². The van der Waals surface area contributed by atoms with Crippen LogP contribution in [0.15, 0.2) is 48.0 Å². The van der Waals surface area contributed by atoms with Crippen molar-refractivity contribution in [3.63, 3.8) is 0 Å². The van der Waals surface area contributed by atoms with Crippen molar-refractivity contribution in [3.05, 3.63) is 58.6 Å². The molecule has 0 heterocycles. The number of nitrogens with zero attached hydrogens (tertiary/aromatic N) is 1. The summed E-state index contributed by atoms with van der Waals surface area (Å²) < 4.78 is 16.5. The highest BCUT2D eigenvalue weighted by Gasteiger charge is 2.13. The molecule has 2 aromatic carbocycles. The Bertz CT molecular complexity index is 845. The third-order valence-corrected chi connectivity index (χ3v) is 3.57. The van der Waals surface area contributed by atoms with Crippen molar-refractivity contribution in [1.29, 1.82) is 5.26 Å². The number of methoxy groups -OCH3 is 1. The van der Waals surface area contributed by atoms with Gasteiger partial charge in [0.1, 0.15) is 30.6 Å². The number of hydrogen-bond donors (Lipinski definition) is 1. The molecule has 0 saturated carbocycles. The largest absolute Gasteiger partial charge is 0.493 e. The first-order chi connectivity index (χ1) is 12.5. The molecule has 0 aliphatic rings. The van der Waals surface area contributed by atoms with E-state index in [0.29, 0.717) is 23.7 Å². The predicted molar refractivity (Wildman–Crippen MR) is 98.2 cm³/mol. The first-order valence-corrected chi connectivity index (χ1v) is 8.02. The van der Waals surface area contributed by atoms with Crippen LogP contribution in [-0.4, -0.2) is 26.2 Å². The highest BCUT2D eigenvalue weighted by Crippen LogP contribution is 2.37. The Kier molecular flexibility index (Phi) is 6.89. The fraction of sp³-hybridized carbons (Fsp3) is 0.158. The molecule has 0 aliphatic heterocycles. The number of nitriles is 1. The van der Waals surface area contributed by atoms with Crippen molar-refractivity contribution in [2.75, 3.05) is 20.3 Å². The lowest BCUT2D eigenvalue weighted by atomic mass is 10.1. The van der Waals surface area contributed by atoms with Crippen molar-refractivity contribution in [2.24, 2.45) is 5.73 Å². The molecule has 1 amide bonds. The number of carbonyl (C=O) groups is 1. The standard InChI is InChI=1S/C19H17ClN2O4/c1-24-17-11-13(9-14(12-21)19(22)23)10-16(20)18(17)26-8-7-25-15-5-3-2-4-6-15/h2-6,9-11H,7-8H2,1H3,(H2,22,23)/b14-9+. The number of ether oxygens (including phenoxy) is 3. The lowest BCUT2D eigenvalue weighted by Crippen LogP contribution is -2.12. The van der Waals surface area contributed by atoms with Gasteiger partial charge in [-0.2, -0.15) is 5.26 Å². The summed E-state index contributed by atoms with van der Waals surface area (Å²) in [5.74, 6) is 0.636. The zero-order valence-electron chi connectivity index (χ0n) is 14.1. The second-order valence-electron chi connectivity index (χ2n) is 5.08. The fourth-order valence-corrected chi connectivity index (χ4v) is 2.38. The minimum atomic E-state index is -0.819. The SMILES string of the molecule is COc1cc(/C=C(\C#N)C(N)=O)cc(Cl)c1OCCOc1ccccc1. The van der Waals surface area contributed by atoms with Crippen LogP contribution in [0.4, 0.5) is 0 Å². The molecule has 7 heteroatoms. The average molecular weight is 373 g/mol. The number of nitrogens with two attached hydrogens (primary N) is 1. The van der Waals surface area contributed by atoms with Crippen molar-refractivity contribution < 1.29 is 19.0 Å². The summed E-state index contributed by atoms with van der Waals surface area (Å²) in [7, 11) is 1.46. The van der Waals surface area contributed by atoms with Gasteiger partial charge in [0, 0.05) is 0 Å². The van der Waals surface area contributed by atoms with Crippen molar-refractivity contribution in [3.8, 4) is 23.3 Å². The molecule has 0 spiro atoms. The molecule has 0 aliphatic carbocycles. The molecular weight excluding hydrogens is 356 g/mol. The molecule has 2 rings (SSSR count). The number of para-hydroxylation sites is 1. The predicted octanol–water partition coefficient (Wildman–Crippen LogP) is 3.20. The fourth-order valence-electron chi connectivity index (χ4n) is 2.11. The summed E-state index contributed by atoms with van der Waals surface area (Å²) in [6, 6.07) is 14.2. The van der Waals surface area contributed by atoms with E-state index in [9.17, 15) is 4.79 Å². The number of halogens is 1. The van der Waals surface area contributed by atoms with Gasteiger partial charge >= 0.3 is 0 Å². The Morgan fingerprint density at radius 3 is 2.54 bits per heavy atom. The molecule has 2 N–H and O–H groups in total. The van der Waals surface area contributed by atoms with Crippen LogP contribution in [0, 0.1) is 11.3 Å². The Labute approximate surface area is 156 Å². The quantitative estimate of drug-likeness (QED) is 0.436. The van der Waals surface area contributed by atoms with Crippen LogP contribution in [0.1, 0.15) is 5.56 Å². The van der Waals surface area contributed by atoms with Gasteiger partial charge < -0.3 is 19.9 Å². The monoisotopic (exact) mass is 372 g/mol. The van der Waals surface area contributed by atoms with E-state index in [0.717, 1.165) is 5.75 Å². The molecule has 0 unspecified atom stereocenters. The molecule has 2 aromatic rings.